The number of aromatic nitrogens is 4. The van der Waals surface area contributed by atoms with Crippen molar-refractivity contribution in [2.75, 3.05) is 6.54 Å². The minimum atomic E-state index is -0.0878. The first-order valence-electron chi connectivity index (χ1n) is 15.5. The van der Waals surface area contributed by atoms with E-state index in [0.29, 0.717) is 29.8 Å². The van der Waals surface area contributed by atoms with Crippen LogP contribution in [0, 0.1) is 37.0 Å². The molecule has 2 aromatic rings. The molecule has 2 amide bonds. The molecule has 1 fully saturated rings. The molecule has 3 rings (SSSR count). The molecule has 0 spiro atoms. The fourth-order valence-corrected chi connectivity index (χ4v) is 3.66. The molecule has 1 aliphatic rings. The van der Waals surface area contributed by atoms with Crippen LogP contribution in [0.2, 0.25) is 0 Å². The number of hydrogen-bond acceptors (Lipinski definition) is 5. The number of imidazole rings is 1. The highest BCUT2D eigenvalue weighted by Crippen LogP contribution is 2.21. The van der Waals surface area contributed by atoms with Crippen LogP contribution in [-0.2, 0) is 11.3 Å². The highest BCUT2D eigenvalue weighted by atomic mass is 16.2. The maximum atomic E-state index is 12.6. The summed E-state index contributed by atoms with van der Waals surface area (Å²) in [6.45, 7) is 23.6. The summed E-state index contributed by atoms with van der Waals surface area (Å²) in [7, 11) is 0. The molecule has 3 heterocycles. The van der Waals surface area contributed by atoms with Gasteiger partial charge in [-0.3, -0.25) is 14.3 Å². The third-order valence-corrected chi connectivity index (χ3v) is 6.05. The number of nitrogens with zero attached hydrogens (tertiary/aromatic N) is 3. The van der Waals surface area contributed by atoms with E-state index in [1.807, 2.05) is 47.7 Å². The molecule has 0 aromatic carbocycles. The molecule has 3 unspecified atom stereocenters. The Balaban J connectivity index is -0.000000693. The molecule has 4 N–H and O–H groups in total. The molecule has 9 heteroatoms. The zero-order chi connectivity index (χ0) is 33.1. The lowest BCUT2D eigenvalue weighted by atomic mass is 9.98. The second kappa shape index (κ2) is 27.7. The van der Waals surface area contributed by atoms with Crippen molar-refractivity contribution in [1.82, 2.24) is 30.4 Å². The van der Waals surface area contributed by atoms with E-state index in [2.05, 4.69) is 59.3 Å². The van der Waals surface area contributed by atoms with Gasteiger partial charge < -0.3 is 21.0 Å². The summed E-state index contributed by atoms with van der Waals surface area (Å²) >= 11 is 0. The predicted octanol–water partition coefficient (Wildman–Crippen LogP) is 7.50. The second-order valence-electron chi connectivity index (χ2n) is 9.87. The van der Waals surface area contributed by atoms with E-state index in [4.69, 9.17) is 5.41 Å². The maximum absolute atomic E-state index is 12.6. The van der Waals surface area contributed by atoms with Gasteiger partial charge in [-0.25, -0.2) is 4.98 Å². The van der Waals surface area contributed by atoms with Crippen molar-refractivity contribution in [1.29, 1.82) is 5.41 Å². The van der Waals surface area contributed by atoms with Crippen LogP contribution in [0.5, 0.6) is 0 Å². The van der Waals surface area contributed by atoms with Crippen LogP contribution in [0.15, 0.2) is 18.5 Å². The van der Waals surface area contributed by atoms with Gasteiger partial charge in [-0.15, -0.1) is 12.8 Å². The first-order valence-corrected chi connectivity index (χ1v) is 15.5. The van der Waals surface area contributed by atoms with Crippen molar-refractivity contribution < 1.29 is 9.59 Å². The Hall–Kier alpha value is -3.41. The zero-order valence-corrected chi connectivity index (χ0v) is 28.4. The molecular weight excluding hydrogens is 526 g/mol. The van der Waals surface area contributed by atoms with Crippen molar-refractivity contribution in [3.63, 3.8) is 0 Å². The van der Waals surface area contributed by atoms with Crippen molar-refractivity contribution >= 4 is 17.5 Å². The number of piperidine rings is 1. The maximum Gasteiger partial charge on any atom is 0.270 e. The quantitative estimate of drug-likeness (QED) is 0.179. The van der Waals surface area contributed by atoms with E-state index in [-0.39, 0.29) is 17.9 Å². The Labute approximate surface area is 257 Å². The van der Waals surface area contributed by atoms with E-state index in [0.717, 1.165) is 43.7 Å². The van der Waals surface area contributed by atoms with Crippen molar-refractivity contribution in [2.45, 2.75) is 127 Å². The lowest BCUT2D eigenvalue weighted by Crippen LogP contribution is -2.33. The van der Waals surface area contributed by atoms with E-state index >= 15 is 0 Å². The Kier molecular flexibility index (Phi) is 28.4. The van der Waals surface area contributed by atoms with Crippen LogP contribution in [0.1, 0.15) is 136 Å². The highest BCUT2D eigenvalue weighted by Gasteiger charge is 2.20. The van der Waals surface area contributed by atoms with Gasteiger partial charge in [-0.05, 0) is 58.4 Å². The number of H-pyrrole nitrogens is 1. The number of nitrogens with one attached hydrogen (secondary N) is 4. The summed E-state index contributed by atoms with van der Waals surface area (Å²) in [6.07, 6.45) is 17.6. The van der Waals surface area contributed by atoms with Crippen molar-refractivity contribution in [3.05, 3.63) is 35.7 Å². The molecule has 0 aliphatic carbocycles. The van der Waals surface area contributed by atoms with Crippen LogP contribution in [0.4, 0.5) is 0 Å². The second-order valence-corrected chi connectivity index (χ2v) is 9.87. The number of terminal acetylenes is 1. The molecule has 0 bridgehead atoms. The third-order valence-electron chi connectivity index (χ3n) is 6.05. The molecule has 1 aliphatic heterocycles. The van der Waals surface area contributed by atoms with Gasteiger partial charge in [-0.2, -0.15) is 5.10 Å². The Bertz CT molecular complexity index is 964. The number of aromatic amines is 1. The van der Waals surface area contributed by atoms with Gasteiger partial charge >= 0.3 is 0 Å². The monoisotopic (exact) mass is 587 g/mol. The molecule has 3 atom stereocenters. The summed E-state index contributed by atoms with van der Waals surface area (Å²) in [5.41, 5.74) is 2.23. The van der Waals surface area contributed by atoms with Gasteiger partial charge in [0, 0.05) is 31.4 Å². The van der Waals surface area contributed by atoms with E-state index in [1.54, 1.807) is 30.8 Å². The fourth-order valence-electron chi connectivity index (χ4n) is 3.66. The average Bonchev–Trinajstić information content (AvgIpc) is 3.66. The summed E-state index contributed by atoms with van der Waals surface area (Å²) < 4.78 is 1.71. The molecule has 2 aromatic heterocycles. The first-order chi connectivity index (χ1) is 20.1. The number of rotatable bonds is 9. The Morgan fingerprint density at radius 1 is 1.19 bits per heavy atom. The minimum absolute atomic E-state index is 0.0528. The average molecular weight is 588 g/mol. The fraction of sp³-hybridized carbons (Fsp3) is 0.667. The molecule has 0 saturated carbocycles. The number of aryl methyl sites for hydroxylation is 2. The Morgan fingerprint density at radius 3 is 2.21 bits per heavy atom. The summed E-state index contributed by atoms with van der Waals surface area (Å²) in [4.78, 5) is 30.7. The van der Waals surface area contributed by atoms with Crippen molar-refractivity contribution in [3.8, 4) is 12.8 Å². The topological polar surface area (TPSA) is 129 Å². The number of carbonyl (C=O) groups is 2. The van der Waals surface area contributed by atoms with Crippen LogP contribution >= 0.6 is 0 Å². The van der Waals surface area contributed by atoms with Gasteiger partial charge in [0.25, 0.3) is 5.91 Å². The standard InChI is InChI=1S/C18H29N5O.C6H11NO.C3H7N.2C2H6.C2H2/c1-5-13(3)8-7-9-15(16-12-19-14(4)21-16)22-18(24)17-10-11-20-23(17)6-2;1-5-2-3-6(8)7-4-5;1-3(2)4;3*1-2/h10-13,15H,5-9H2,1-4H3,(H,19,21)(H,22,24);5H,2-4H2,1H3,(H,7,8);4H,1-2H3;2*1-2H3;1-2H. The minimum Gasteiger partial charge on any atom is -0.356 e. The summed E-state index contributed by atoms with van der Waals surface area (Å²) in [5, 5.41) is 16.6. The van der Waals surface area contributed by atoms with Crippen LogP contribution in [0.25, 0.3) is 0 Å². The van der Waals surface area contributed by atoms with Gasteiger partial charge in [0.05, 0.1) is 17.9 Å². The van der Waals surface area contributed by atoms with E-state index < -0.39 is 0 Å². The molecule has 240 valence electrons. The van der Waals surface area contributed by atoms with Gasteiger partial charge in [0.1, 0.15) is 11.5 Å². The number of carbonyl (C=O) groups excluding carboxylic acids is 2. The molecule has 1 saturated heterocycles. The summed E-state index contributed by atoms with van der Waals surface area (Å²) in [6, 6.07) is 1.70. The Morgan fingerprint density at radius 2 is 1.79 bits per heavy atom. The van der Waals surface area contributed by atoms with Crippen molar-refractivity contribution in [2.24, 2.45) is 11.8 Å². The smallest absolute Gasteiger partial charge is 0.270 e. The SMILES string of the molecule is C#C.CC.CC.CC(C)=N.CC1CCC(=O)NC1.CCC(C)CCCC(NC(=O)c1ccnn1CC)c1cnc(C)[nH]1. The van der Waals surface area contributed by atoms with E-state index in [9.17, 15) is 9.59 Å². The van der Waals surface area contributed by atoms with Gasteiger partial charge in [0.15, 0.2) is 0 Å². The highest BCUT2D eigenvalue weighted by molar-refractivity contribution is 5.92. The van der Waals surface area contributed by atoms with Crippen LogP contribution in [0.3, 0.4) is 0 Å². The van der Waals surface area contributed by atoms with E-state index in [1.165, 1.54) is 12.8 Å². The van der Waals surface area contributed by atoms with Crippen LogP contribution in [-0.4, -0.2) is 43.8 Å². The molecular formula is C33H61N7O2. The number of amides is 2. The van der Waals surface area contributed by atoms with Gasteiger partial charge in [-0.1, -0.05) is 67.7 Å². The van der Waals surface area contributed by atoms with Gasteiger partial charge in [0.2, 0.25) is 5.91 Å². The molecule has 42 heavy (non-hydrogen) atoms. The number of hydrogen-bond donors (Lipinski definition) is 4. The molecule has 0 radical (unpaired) electrons. The predicted molar refractivity (Wildman–Crippen MR) is 178 cm³/mol. The lowest BCUT2D eigenvalue weighted by Gasteiger charge is -2.18. The molecule has 9 nitrogen and oxygen atoms in total. The lowest BCUT2D eigenvalue weighted by molar-refractivity contribution is -0.122. The largest absolute Gasteiger partial charge is 0.356 e. The first kappa shape index (κ1) is 43.0. The zero-order valence-electron chi connectivity index (χ0n) is 28.4. The van der Waals surface area contributed by atoms with Crippen LogP contribution < -0.4 is 10.6 Å². The third kappa shape index (κ3) is 20.5. The normalized spacial score (nSPS) is 14.4. The summed E-state index contributed by atoms with van der Waals surface area (Å²) in [5.74, 6) is 2.39.